The Morgan fingerprint density at radius 3 is 1.38 bits per heavy atom. The number of esters is 1. The van der Waals surface area contributed by atoms with Crippen molar-refractivity contribution in [3.05, 3.63) is 0 Å². The predicted octanol–water partition coefficient (Wildman–Crippen LogP) is 6.95. The summed E-state index contributed by atoms with van der Waals surface area (Å²) < 4.78 is 5.52. The first-order valence-electron chi connectivity index (χ1n) is 11.5. The van der Waals surface area contributed by atoms with Gasteiger partial charge in [-0.3, -0.25) is 0 Å². The van der Waals surface area contributed by atoms with Crippen LogP contribution in [0.2, 0.25) is 0 Å². The first-order chi connectivity index (χ1) is 12.6. The summed E-state index contributed by atoms with van der Waals surface area (Å²) in [7, 11) is 0. The number of hydrogen-bond acceptors (Lipinski definition) is 3. The molecule has 0 saturated carbocycles. The number of rotatable bonds is 19. The summed E-state index contributed by atoms with van der Waals surface area (Å²) in [6.07, 6.45) is 20.2. The van der Waals surface area contributed by atoms with E-state index in [0.717, 1.165) is 25.7 Å². The molecule has 0 aromatic rings. The van der Waals surface area contributed by atoms with E-state index in [-0.39, 0.29) is 6.10 Å². The van der Waals surface area contributed by atoms with Crippen molar-refractivity contribution in [3.8, 4) is 0 Å². The van der Waals surface area contributed by atoms with Crippen molar-refractivity contribution in [2.75, 3.05) is 0 Å². The average molecular weight is 371 g/mol. The van der Waals surface area contributed by atoms with Crippen molar-refractivity contribution in [3.63, 3.8) is 0 Å². The second-order valence-electron chi connectivity index (χ2n) is 7.91. The Labute approximate surface area is 163 Å². The topological polar surface area (TPSA) is 46.5 Å². The third-order valence-corrected chi connectivity index (χ3v) is 5.13. The number of carbonyl (C=O) groups excluding carboxylic acids is 1. The minimum absolute atomic E-state index is 0.00664. The molecule has 0 aromatic carbocycles. The first-order valence-corrected chi connectivity index (χ1v) is 11.5. The molecule has 3 heteroatoms. The molecule has 26 heavy (non-hydrogen) atoms. The second-order valence-corrected chi connectivity index (χ2v) is 7.91. The molecular weight excluding hydrogens is 324 g/mol. The van der Waals surface area contributed by atoms with Crippen molar-refractivity contribution in [2.45, 2.75) is 142 Å². The van der Waals surface area contributed by atoms with E-state index < -0.39 is 12.1 Å². The van der Waals surface area contributed by atoms with Gasteiger partial charge in [-0.15, -0.1) is 0 Å². The quantitative estimate of drug-likeness (QED) is 0.198. The number of hydrogen-bond donors (Lipinski definition) is 1. The van der Waals surface area contributed by atoms with E-state index in [1.807, 2.05) is 0 Å². The summed E-state index contributed by atoms with van der Waals surface area (Å²) in [6.45, 7) is 5.98. The van der Waals surface area contributed by atoms with Gasteiger partial charge in [-0.25, -0.2) is 4.79 Å². The fourth-order valence-corrected chi connectivity index (χ4v) is 3.36. The maximum atomic E-state index is 11.7. The molecule has 2 unspecified atom stereocenters. The lowest BCUT2D eigenvalue weighted by atomic mass is 10.0. The van der Waals surface area contributed by atoms with Gasteiger partial charge in [0.25, 0.3) is 0 Å². The van der Waals surface area contributed by atoms with E-state index in [2.05, 4.69) is 13.8 Å². The van der Waals surface area contributed by atoms with Crippen LogP contribution in [0, 0.1) is 0 Å². The number of aliphatic hydroxyl groups is 1. The van der Waals surface area contributed by atoms with E-state index >= 15 is 0 Å². The fraction of sp³-hybridized carbons (Fsp3) is 0.957. The lowest BCUT2D eigenvalue weighted by Gasteiger charge is -2.19. The van der Waals surface area contributed by atoms with Gasteiger partial charge < -0.3 is 9.84 Å². The van der Waals surface area contributed by atoms with Gasteiger partial charge >= 0.3 is 5.97 Å². The third-order valence-electron chi connectivity index (χ3n) is 5.13. The molecule has 0 aliphatic heterocycles. The normalized spacial score (nSPS) is 13.5. The van der Waals surface area contributed by atoms with Gasteiger partial charge in [-0.2, -0.15) is 0 Å². The van der Waals surface area contributed by atoms with Crippen molar-refractivity contribution in [1.29, 1.82) is 0 Å². The van der Waals surface area contributed by atoms with Gasteiger partial charge in [0.15, 0.2) is 0 Å². The van der Waals surface area contributed by atoms with Crippen LogP contribution in [0.3, 0.4) is 0 Å². The van der Waals surface area contributed by atoms with Crippen molar-refractivity contribution in [2.24, 2.45) is 0 Å². The highest BCUT2D eigenvalue weighted by atomic mass is 16.6. The SMILES string of the molecule is CCCCCCCCCCCC(CCCCCCCC)OC(=O)C(C)O. The Bertz CT molecular complexity index is 302. The van der Waals surface area contributed by atoms with Crippen LogP contribution in [0.5, 0.6) is 0 Å². The third kappa shape index (κ3) is 16.9. The predicted molar refractivity (Wildman–Crippen MR) is 111 cm³/mol. The summed E-state index contributed by atoms with van der Waals surface area (Å²) >= 11 is 0. The molecule has 0 rings (SSSR count). The molecule has 156 valence electrons. The molecule has 0 heterocycles. The van der Waals surface area contributed by atoms with Gasteiger partial charge in [0, 0.05) is 0 Å². The largest absolute Gasteiger partial charge is 0.460 e. The molecule has 0 saturated heterocycles. The summed E-state index contributed by atoms with van der Waals surface area (Å²) in [6, 6.07) is 0. The molecule has 0 aliphatic rings. The van der Waals surface area contributed by atoms with Crippen LogP contribution in [-0.4, -0.2) is 23.3 Å². The van der Waals surface area contributed by atoms with Crippen LogP contribution >= 0.6 is 0 Å². The zero-order chi connectivity index (χ0) is 19.5. The van der Waals surface area contributed by atoms with Crippen LogP contribution in [0.1, 0.15) is 130 Å². The Morgan fingerprint density at radius 1 is 0.692 bits per heavy atom. The van der Waals surface area contributed by atoms with Crippen LogP contribution in [-0.2, 0) is 9.53 Å². The molecule has 0 spiro atoms. The van der Waals surface area contributed by atoms with E-state index in [4.69, 9.17) is 4.74 Å². The van der Waals surface area contributed by atoms with Crippen molar-refractivity contribution < 1.29 is 14.6 Å². The van der Waals surface area contributed by atoms with Crippen LogP contribution in [0.25, 0.3) is 0 Å². The van der Waals surface area contributed by atoms with Gasteiger partial charge in [-0.1, -0.05) is 97.3 Å². The van der Waals surface area contributed by atoms with Gasteiger partial charge in [0.1, 0.15) is 12.2 Å². The van der Waals surface area contributed by atoms with Crippen LogP contribution < -0.4 is 0 Å². The summed E-state index contributed by atoms with van der Waals surface area (Å²) in [5.74, 6) is -0.461. The zero-order valence-electron chi connectivity index (χ0n) is 17.9. The Kier molecular flexibility index (Phi) is 18.8. The molecule has 0 amide bonds. The molecule has 3 nitrogen and oxygen atoms in total. The minimum atomic E-state index is -1.01. The number of ether oxygens (including phenoxy) is 1. The van der Waals surface area contributed by atoms with Crippen LogP contribution in [0.15, 0.2) is 0 Å². The highest BCUT2D eigenvalue weighted by Crippen LogP contribution is 2.17. The van der Waals surface area contributed by atoms with E-state index in [1.54, 1.807) is 0 Å². The molecule has 0 fully saturated rings. The maximum absolute atomic E-state index is 11.7. The smallest absolute Gasteiger partial charge is 0.334 e. The Hall–Kier alpha value is -0.570. The van der Waals surface area contributed by atoms with E-state index in [1.165, 1.54) is 90.4 Å². The number of unbranched alkanes of at least 4 members (excludes halogenated alkanes) is 13. The molecule has 1 N–H and O–H groups in total. The number of aliphatic hydroxyl groups excluding tert-OH is 1. The molecule has 0 radical (unpaired) electrons. The van der Waals surface area contributed by atoms with Gasteiger partial charge in [0.05, 0.1) is 0 Å². The summed E-state index contributed by atoms with van der Waals surface area (Å²) in [4.78, 5) is 11.7. The van der Waals surface area contributed by atoms with Crippen molar-refractivity contribution >= 4 is 5.97 Å². The minimum Gasteiger partial charge on any atom is -0.460 e. The Balaban J connectivity index is 3.84. The fourth-order valence-electron chi connectivity index (χ4n) is 3.36. The highest BCUT2D eigenvalue weighted by molar-refractivity contribution is 5.73. The first kappa shape index (κ1) is 25.4. The highest BCUT2D eigenvalue weighted by Gasteiger charge is 2.17. The zero-order valence-corrected chi connectivity index (χ0v) is 17.9. The monoisotopic (exact) mass is 370 g/mol. The van der Waals surface area contributed by atoms with E-state index in [0.29, 0.717) is 0 Å². The maximum Gasteiger partial charge on any atom is 0.334 e. The van der Waals surface area contributed by atoms with Crippen LogP contribution in [0.4, 0.5) is 0 Å². The van der Waals surface area contributed by atoms with Gasteiger partial charge in [0.2, 0.25) is 0 Å². The lowest BCUT2D eigenvalue weighted by molar-refractivity contribution is -0.158. The number of carbonyl (C=O) groups is 1. The summed E-state index contributed by atoms with van der Waals surface area (Å²) in [5.41, 5.74) is 0. The second kappa shape index (κ2) is 19.2. The molecule has 0 bridgehead atoms. The standard InChI is InChI=1S/C23H46O3/c1-4-6-8-10-12-13-14-16-18-20-22(26-23(25)21(3)24)19-17-15-11-9-7-5-2/h21-22,24H,4-20H2,1-3H3. The lowest BCUT2D eigenvalue weighted by Crippen LogP contribution is -2.26. The summed E-state index contributed by atoms with van der Waals surface area (Å²) in [5, 5.41) is 9.39. The van der Waals surface area contributed by atoms with Crippen molar-refractivity contribution in [1.82, 2.24) is 0 Å². The molecule has 2 atom stereocenters. The van der Waals surface area contributed by atoms with E-state index in [9.17, 15) is 9.90 Å². The Morgan fingerprint density at radius 2 is 1.04 bits per heavy atom. The molecule has 0 aromatic heterocycles. The molecular formula is C23H46O3. The van der Waals surface area contributed by atoms with Gasteiger partial charge in [-0.05, 0) is 32.6 Å². The average Bonchev–Trinajstić information content (AvgIpc) is 2.62. The molecule has 0 aliphatic carbocycles.